The van der Waals surface area contributed by atoms with Gasteiger partial charge in [-0.05, 0) is 43.7 Å². The van der Waals surface area contributed by atoms with Gasteiger partial charge in [0.25, 0.3) is 5.78 Å². The van der Waals surface area contributed by atoms with Crippen molar-refractivity contribution in [1.82, 2.24) is 4.98 Å². The lowest BCUT2D eigenvalue weighted by Crippen LogP contribution is -2.29. The van der Waals surface area contributed by atoms with Crippen LogP contribution in [0.4, 0.5) is 5.13 Å². The highest BCUT2D eigenvalue weighted by Crippen LogP contribution is 2.44. The van der Waals surface area contributed by atoms with Gasteiger partial charge in [-0.25, -0.2) is 9.78 Å². The first-order chi connectivity index (χ1) is 17.8. The molecule has 1 saturated heterocycles. The number of nitrogens with zero attached hydrogens (tertiary/aromatic N) is 2. The smallest absolute Gasteiger partial charge is 0.350 e. The lowest BCUT2D eigenvalue weighted by atomic mass is 9.95. The van der Waals surface area contributed by atoms with Crippen molar-refractivity contribution < 1.29 is 34.1 Å². The van der Waals surface area contributed by atoms with E-state index in [1.807, 2.05) is 6.92 Å². The summed E-state index contributed by atoms with van der Waals surface area (Å²) in [6, 6.07) is 11.4. The minimum absolute atomic E-state index is 0.00430. The number of hydrogen-bond acceptors (Lipinski definition) is 9. The van der Waals surface area contributed by atoms with E-state index in [0.717, 1.165) is 16.2 Å². The van der Waals surface area contributed by atoms with E-state index in [2.05, 4.69) is 11.6 Å². The molecule has 1 aliphatic heterocycles. The molecule has 4 rings (SSSR count). The number of aliphatic hydroxyl groups excluding tert-OH is 1. The monoisotopic (exact) mass is 520 g/mol. The van der Waals surface area contributed by atoms with Gasteiger partial charge in [0.15, 0.2) is 5.13 Å². The Morgan fingerprint density at radius 2 is 1.95 bits per heavy atom. The van der Waals surface area contributed by atoms with Crippen molar-refractivity contribution >= 4 is 39.9 Å². The maximum Gasteiger partial charge on any atom is 0.350 e. The summed E-state index contributed by atoms with van der Waals surface area (Å²) < 4.78 is 10.6. The number of ether oxygens (including phenoxy) is 2. The van der Waals surface area contributed by atoms with Crippen molar-refractivity contribution in [2.75, 3.05) is 18.1 Å². The molecule has 10 heteroatoms. The summed E-state index contributed by atoms with van der Waals surface area (Å²) in [5.74, 6) is -2.38. The van der Waals surface area contributed by atoms with Crippen LogP contribution >= 0.6 is 11.3 Å². The Hall–Kier alpha value is -4.44. The molecule has 0 radical (unpaired) electrons. The largest absolute Gasteiger partial charge is 0.508 e. The Morgan fingerprint density at radius 1 is 1.22 bits per heavy atom. The number of aromatic nitrogens is 1. The van der Waals surface area contributed by atoms with Crippen LogP contribution < -0.4 is 9.64 Å². The number of aromatic hydroxyl groups is 1. The van der Waals surface area contributed by atoms with Gasteiger partial charge in [-0.3, -0.25) is 14.5 Å². The van der Waals surface area contributed by atoms with Gasteiger partial charge in [-0.1, -0.05) is 48.3 Å². The average molecular weight is 521 g/mol. The van der Waals surface area contributed by atoms with Gasteiger partial charge in [-0.2, -0.15) is 0 Å². The van der Waals surface area contributed by atoms with Crippen LogP contribution in [-0.4, -0.2) is 46.1 Å². The molecular weight excluding hydrogens is 496 g/mol. The summed E-state index contributed by atoms with van der Waals surface area (Å²) in [6.07, 6.45) is 1.43. The van der Waals surface area contributed by atoms with Crippen LogP contribution in [0.25, 0.3) is 5.76 Å². The van der Waals surface area contributed by atoms with Gasteiger partial charge in [0.2, 0.25) is 0 Å². The van der Waals surface area contributed by atoms with Gasteiger partial charge >= 0.3 is 11.9 Å². The van der Waals surface area contributed by atoms with Crippen molar-refractivity contribution in [2.45, 2.75) is 19.9 Å². The predicted molar refractivity (Wildman–Crippen MR) is 138 cm³/mol. The van der Waals surface area contributed by atoms with Crippen molar-refractivity contribution in [2.24, 2.45) is 0 Å². The van der Waals surface area contributed by atoms with E-state index in [-0.39, 0.29) is 39.3 Å². The molecule has 1 aliphatic rings. The molecule has 1 fully saturated rings. The molecule has 9 nitrogen and oxygen atoms in total. The first-order valence-electron chi connectivity index (χ1n) is 11.3. The summed E-state index contributed by atoms with van der Waals surface area (Å²) >= 11 is 0.901. The second-order valence-electron chi connectivity index (χ2n) is 8.02. The van der Waals surface area contributed by atoms with Crippen LogP contribution in [0.1, 0.15) is 39.5 Å². The van der Waals surface area contributed by atoms with E-state index in [1.54, 1.807) is 43.3 Å². The van der Waals surface area contributed by atoms with E-state index < -0.39 is 23.7 Å². The number of Topliss-reactive ketones (excluding diaryl/α,β-unsaturated/α-hetero) is 1. The molecule has 0 saturated carbocycles. The van der Waals surface area contributed by atoms with E-state index in [0.29, 0.717) is 23.6 Å². The fraction of sp³-hybridized carbons (Fsp3) is 0.185. The number of anilines is 1. The summed E-state index contributed by atoms with van der Waals surface area (Å²) in [7, 11) is 0. The van der Waals surface area contributed by atoms with Crippen LogP contribution in [0.5, 0.6) is 11.5 Å². The third-order valence-electron chi connectivity index (χ3n) is 5.58. The van der Waals surface area contributed by atoms with Crippen LogP contribution in [0, 0.1) is 6.92 Å². The van der Waals surface area contributed by atoms with Crippen molar-refractivity contribution in [3.8, 4) is 11.5 Å². The molecule has 0 bridgehead atoms. The first-order valence-corrected chi connectivity index (χ1v) is 12.2. The number of phenolic OH excluding ortho intramolecular Hbond substituents is 1. The fourth-order valence-corrected chi connectivity index (χ4v) is 4.92. The number of aryl methyl sites for hydroxylation is 1. The molecule has 2 aromatic carbocycles. The van der Waals surface area contributed by atoms with E-state index in [9.17, 15) is 24.6 Å². The molecule has 37 heavy (non-hydrogen) atoms. The molecule has 1 amide bonds. The number of carbonyl (C=O) groups excluding carboxylic acids is 3. The minimum Gasteiger partial charge on any atom is -0.508 e. The molecule has 2 N–H and O–H groups in total. The van der Waals surface area contributed by atoms with Gasteiger partial charge < -0.3 is 19.7 Å². The predicted octanol–water partition coefficient (Wildman–Crippen LogP) is 4.52. The second-order valence-corrected chi connectivity index (χ2v) is 9.00. The highest BCUT2D eigenvalue weighted by molar-refractivity contribution is 7.17. The third kappa shape index (κ3) is 4.96. The number of carbonyl (C=O) groups is 3. The molecule has 0 aliphatic carbocycles. The van der Waals surface area contributed by atoms with Crippen molar-refractivity contribution in [1.29, 1.82) is 0 Å². The molecular formula is C27H24N2O7S. The molecule has 2 heterocycles. The lowest BCUT2D eigenvalue weighted by Gasteiger charge is -2.23. The SMILES string of the molecule is C=CCOC(=O)c1sc(N2C(=O)C(=O)C(=C(O)c3cccc(OCC)c3)C2c2ccc(O)cc2)nc1C. The topological polar surface area (TPSA) is 126 Å². The number of ketones is 1. The van der Waals surface area contributed by atoms with Crippen LogP contribution in [0.3, 0.4) is 0 Å². The Kier molecular flexibility index (Phi) is 7.40. The number of amides is 1. The quantitative estimate of drug-likeness (QED) is 0.146. The molecule has 0 spiro atoms. The number of benzene rings is 2. The number of hydrogen-bond donors (Lipinski definition) is 2. The first kappa shape index (κ1) is 25.6. The van der Waals surface area contributed by atoms with Crippen LogP contribution in [0.2, 0.25) is 0 Å². The minimum atomic E-state index is -1.07. The second kappa shape index (κ2) is 10.7. The van der Waals surface area contributed by atoms with Gasteiger partial charge in [0, 0.05) is 5.56 Å². The number of aliphatic hydroxyl groups is 1. The fourth-order valence-electron chi connectivity index (χ4n) is 3.93. The number of esters is 1. The average Bonchev–Trinajstić information content (AvgIpc) is 3.39. The standard InChI is InChI=1S/C27H24N2O7S/c1-4-13-36-26(34)24-15(3)28-27(37-24)29-21(16-9-11-18(30)12-10-16)20(23(32)25(29)33)22(31)17-7-6-8-19(14-17)35-5-2/h4,6-12,14,21,30-31H,1,5,13H2,2-3H3. The summed E-state index contributed by atoms with van der Waals surface area (Å²) in [5.41, 5.74) is 0.901. The summed E-state index contributed by atoms with van der Waals surface area (Å²) in [5, 5.41) is 21.2. The highest BCUT2D eigenvalue weighted by atomic mass is 32.1. The Balaban J connectivity index is 1.87. The molecule has 3 aromatic rings. The zero-order chi connectivity index (χ0) is 26.7. The maximum atomic E-state index is 13.3. The highest BCUT2D eigenvalue weighted by Gasteiger charge is 2.48. The van der Waals surface area contributed by atoms with Crippen LogP contribution in [0.15, 0.2) is 66.8 Å². The van der Waals surface area contributed by atoms with Gasteiger partial charge in [0.1, 0.15) is 28.7 Å². The summed E-state index contributed by atoms with van der Waals surface area (Å²) in [4.78, 5) is 44.8. The summed E-state index contributed by atoms with van der Waals surface area (Å²) in [6.45, 7) is 7.34. The number of rotatable bonds is 8. The van der Waals surface area contributed by atoms with E-state index in [1.165, 1.54) is 18.2 Å². The lowest BCUT2D eigenvalue weighted by molar-refractivity contribution is -0.132. The normalized spacial score (nSPS) is 16.6. The van der Waals surface area contributed by atoms with Crippen molar-refractivity contribution in [3.05, 3.63) is 88.5 Å². The molecule has 190 valence electrons. The van der Waals surface area contributed by atoms with E-state index >= 15 is 0 Å². The number of phenols is 1. The Bertz CT molecular complexity index is 1410. The zero-order valence-corrected chi connectivity index (χ0v) is 20.9. The van der Waals surface area contributed by atoms with Crippen molar-refractivity contribution in [3.63, 3.8) is 0 Å². The molecule has 1 atom stereocenters. The molecule has 1 aromatic heterocycles. The number of thiazole rings is 1. The van der Waals surface area contributed by atoms with E-state index in [4.69, 9.17) is 9.47 Å². The Labute approximate surface area is 216 Å². The molecule has 1 unspecified atom stereocenters. The zero-order valence-electron chi connectivity index (χ0n) is 20.1. The maximum absolute atomic E-state index is 13.3. The van der Waals surface area contributed by atoms with Crippen LogP contribution in [-0.2, 0) is 14.3 Å². The van der Waals surface area contributed by atoms with Gasteiger partial charge in [-0.15, -0.1) is 0 Å². The third-order valence-corrected chi connectivity index (χ3v) is 6.72. The van der Waals surface area contributed by atoms with Gasteiger partial charge in [0.05, 0.1) is 23.9 Å². The Morgan fingerprint density at radius 3 is 2.62 bits per heavy atom.